The Bertz CT molecular complexity index is 1360. The third-order valence-corrected chi connectivity index (χ3v) is 6.57. The minimum Gasteiger partial charge on any atom is -0.271 e. The van der Waals surface area contributed by atoms with Gasteiger partial charge in [-0.3, -0.25) is 9.59 Å². The zero-order valence-corrected chi connectivity index (χ0v) is 18.9. The molecule has 0 spiro atoms. The Morgan fingerprint density at radius 3 is 2.52 bits per heavy atom. The van der Waals surface area contributed by atoms with Crippen molar-refractivity contribution in [1.82, 2.24) is 14.8 Å². The van der Waals surface area contributed by atoms with E-state index >= 15 is 0 Å². The van der Waals surface area contributed by atoms with Crippen LogP contribution in [0.15, 0.2) is 94.1 Å². The maximum Gasteiger partial charge on any atom is 0.267 e. The van der Waals surface area contributed by atoms with Gasteiger partial charge in [0.05, 0.1) is 22.3 Å². The molecule has 0 saturated heterocycles. The zero-order valence-electron chi connectivity index (χ0n) is 18.1. The fraction of sp³-hybridized carbons (Fsp3) is 0.154. The first-order valence-electron chi connectivity index (χ1n) is 10.7. The van der Waals surface area contributed by atoms with Crippen molar-refractivity contribution in [3.63, 3.8) is 0 Å². The van der Waals surface area contributed by atoms with Crippen molar-refractivity contribution < 1.29 is 4.79 Å². The SMILES string of the molecule is Cc1ccc(C2CC(c3cccs3)=NN2C(=O)Cn2nc(-c3ccccc3)ccc2=O)cc1. The highest BCUT2D eigenvalue weighted by Gasteiger charge is 2.33. The minimum absolute atomic E-state index is 0.177. The first kappa shape index (κ1) is 21.0. The summed E-state index contributed by atoms with van der Waals surface area (Å²) < 4.78 is 1.22. The standard InChI is InChI=1S/C26H22N4O2S/c1-18-9-11-20(12-10-18)23-16-22(24-8-5-15-33-24)28-30(23)26(32)17-29-25(31)14-13-21(27-29)19-6-3-2-4-7-19/h2-15,23H,16-17H2,1H3. The van der Waals surface area contributed by atoms with Crippen LogP contribution in [0.5, 0.6) is 0 Å². The molecule has 33 heavy (non-hydrogen) atoms. The van der Waals surface area contributed by atoms with Crippen LogP contribution in [0.4, 0.5) is 0 Å². The number of hydrazone groups is 1. The van der Waals surface area contributed by atoms with Gasteiger partial charge in [0.25, 0.3) is 11.5 Å². The van der Waals surface area contributed by atoms with Crippen LogP contribution in [0.1, 0.15) is 28.5 Å². The lowest BCUT2D eigenvalue weighted by atomic mass is 10.00. The molecule has 1 unspecified atom stereocenters. The molecule has 7 heteroatoms. The Hall–Kier alpha value is -3.84. The number of aryl methyl sites for hydroxylation is 1. The first-order chi connectivity index (χ1) is 16.1. The van der Waals surface area contributed by atoms with Crippen LogP contribution in [-0.2, 0) is 11.3 Å². The second-order valence-corrected chi connectivity index (χ2v) is 8.92. The van der Waals surface area contributed by atoms with Gasteiger partial charge in [0, 0.05) is 18.1 Å². The summed E-state index contributed by atoms with van der Waals surface area (Å²) in [5.41, 5.74) is 4.25. The molecule has 0 saturated carbocycles. The molecule has 2 aromatic carbocycles. The molecule has 4 aromatic rings. The van der Waals surface area contributed by atoms with Gasteiger partial charge in [-0.1, -0.05) is 66.2 Å². The predicted molar refractivity (Wildman–Crippen MR) is 130 cm³/mol. The van der Waals surface area contributed by atoms with E-state index in [0.717, 1.165) is 27.3 Å². The molecule has 0 fully saturated rings. The van der Waals surface area contributed by atoms with E-state index in [-0.39, 0.29) is 24.1 Å². The maximum absolute atomic E-state index is 13.4. The fourth-order valence-electron chi connectivity index (χ4n) is 3.91. The number of hydrogen-bond acceptors (Lipinski definition) is 5. The Morgan fingerprint density at radius 1 is 1.00 bits per heavy atom. The van der Waals surface area contributed by atoms with Gasteiger partial charge < -0.3 is 0 Å². The number of nitrogens with zero attached hydrogens (tertiary/aromatic N) is 4. The summed E-state index contributed by atoms with van der Waals surface area (Å²) in [6, 6.07) is 24.6. The number of benzene rings is 2. The van der Waals surface area contributed by atoms with Gasteiger partial charge in [0.15, 0.2) is 0 Å². The summed E-state index contributed by atoms with van der Waals surface area (Å²) >= 11 is 1.60. The van der Waals surface area contributed by atoms with E-state index < -0.39 is 0 Å². The quantitative estimate of drug-likeness (QED) is 0.441. The van der Waals surface area contributed by atoms with Crippen molar-refractivity contribution in [1.29, 1.82) is 0 Å². The van der Waals surface area contributed by atoms with Gasteiger partial charge in [0.2, 0.25) is 0 Å². The molecular weight excluding hydrogens is 432 g/mol. The number of rotatable bonds is 5. The molecule has 164 valence electrons. The van der Waals surface area contributed by atoms with Gasteiger partial charge in [-0.2, -0.15) is 10.2 Å². The Labute approximate surface area is 195 Å². The fourth-order valence-corrected chi connectivity index (χ4v) is 4.63. The molecule has 1 aliphatic heterocycles. The summed E-state index contributed by atoms with van der Waals surface area (Å²) in [5, 5.41) is 12.6. The number of aromatic nitrogens is 2. The second-order valence-electron chi connectivity index (χ2n) is 7.97. The highest BCUT2D eigenvalue weighted by molar-refractivity contribution is 7.12. The van der Waals surface area contributed by atoms with E-state index in [0.29, 0.717) is 12.1 Å². The number of amides is 1. The van der Waals surface area contributed by atoms with Gasteiger partial charge in [-0.05, 0) is 30.0 Å². The molecule has 1 atom stereocenters. The average Bonchev–Trinajstić information content (AvgIpc) is 3.52. The Balaban J connectivity index is 1.46. The summed E-state index contributed by atoms with van der Waals surface area (Å²) in [4.78, 5) is 26.9. The largest absolute Gasteiger partial charge is 0.271 e. The van der Waals surface area contributed by atoms with Crippen molar-refractivity contribution in [3.8, 4) is 11.3 Å². The number of thiophene rings is 1. The minimum atomic E-state index is -0.323. The highest BCUT2D eigenvalue weighted by Crippen LogP contribution is 2.34. The molecule has 6 nitrogen and oxygen atoms in total. The highest BCUT2D eigenvalue weighted by atomic mass is 32.1. The van der Waals surface area contributed by atoms with Crippen LogP contribution in [0, 0.1) is 6.92 Å². The van der Waals surface area contributed by atoms with Crippen LogP contribution in [0.2, 0.25) is 0 Å². The molecular formula is C26H22N4O2S. The van der Waals surface area contributed by atoms with Crippen molar-refractivity contribution >= 4 is 23.0 Å². The van der Waals surface area contributed by atoms with E-state index in [2.05, 4.69) is 10.2 Å². The maximum atomic E-state index is 13.4. The average molecular weight is 455 g/mol. The Kier molecular flexibility index (Phi) is 5.71. The van der Waals surface area contributed by atoms with E-state index in [9.17, 15) is 9.59 Å². The molecule has 2 aromatic heterocycles. The summed E-state index contributed by atoms with van der Waals surface area (Å²) in [5.74, 6) is -0.271. The number of carbonyl (C=O) groups is 1. The third kappa shape index (κ3) is 4.40. The number of hydrogen-bond donors (Lipinski definition) is 0. The molecule has 0 N–H and O–H groups in total. The molecule has 1 amide bonds. The lowest BCUT2D eigenvalue weighted by Gasteiger charge is -2.22. The molecule has 3 heterocycles. The van der Waals surface area contributed by atoms with Gasteiger partial charge in [0.1, 0.15) is 6.54 Å². The molecule has 0 aliphatic carbocycles. The molecule has 0 radical (unpaired) electrons. The van der Waals surface area contributed by atoms with Crippen molar-refractivity contribution in [3.05, 3.63) is 111 Å². The van der Waals surface area contributed by atoms with Crippen LogP contribution in [0.3, 0.4) is 0 Å². The van der Waals surface area contributed by atoms with E-state index in [1.54, 1.807) is 17.4 Å². The van der Waals surface area contributed by atoms with Gasteiger partial charge >= 0.3 is 0 Å². The van der Waals surface area contributed by atoms with Gasteiger partial charge in [-0.15, -0.1) is 11.3 Å². The zero-order chi connectivity index (χ0) is 22.8. The normalized spacial score (nSPS) is 15.5. The van der Waals surface area contributed by atoms with Crippen molar-refractivity contribution in [2.75, 3.05) is 0 Å². The van der Waals surface area contributed by atoms with Crippen LogP contribution < -0.4 is 5.56 Å². The van der Waals surface area contributed by atoms with Crippen LogP contribution >= 0.6 is 11.3 Å². The lowest BCUT2D eigenvalue weighted by Crippen LogP contribution is -2.34. The monoisotopic (exact) mass is 454 g/mol. The number of carbonyl (C=O) groups excluding carboxylic acids is 1. The summed E-state index contributed by atoms with van der Waals surface area (Å²) in [7, 11) is 0. The lowest BCUT2D eigenvalue weighted by molar-refractivity contribution is -0.133. The Morgan fingerprint density at radius 2 is 1.79 bits per heavy atom. The molecule has 5 rings (SSSR count). The second kappa shape index (κ2) is 8.96. The molecule has 0 bridgehead atoms. The molecule has 1 aliphatic rings. The van der Waals surface area contributed by atoms with E-state index in [1.807, 2.05) is 79.0 Å². The summed E-state index contributed by atoms with van der Waals surface area (Å²) in [6.07, 6.45) is 0.627. The predicted octanol–water partition coefficient (Wildman–Crippen LogP) is 4.66. The van der Waals surface area contributed by atoms with Crippen molar-refractivity contribution in [2.24, 2.45) is 5.10 Å². The topological polar surface area (TPSA) is 67.6 Å². The first-order valence-corrected chi connectivity index (χ1v) is 11.6. The third-order valence-electron chi connectivity index (χ3n) is 5.65. The smallest absolute Gasteiger partial charge is 0.267 e. The van der Waals surface area contributed by atoms with Crippen LogP contribution in [0.25, 0.3) is 11.3 Å². The summed E-state index contributed by atoms with van der Waals surface area (Å²) in [6.45, 7) is 1.86. The van der Waals surface area contributed by atoms with Crippen molar-refractivity contribution in [2.45, 2.75) is 25.9 Å². The van der Waals surface area contributed by atoms with E-state index in [4.69, 9.17) is 0 Å². The van der Waals surface area contributed by atoms with Crippen LogP contribution in [-0.4, -0.2) is 26.4 Å². The van der Waals surface area contributed by atoms with Gasteiger partial charge in [-0.25, -0.2) is 9.69 Å². The van der Waals surface area contributed by atoms with E-state index in [1.165, 1.54) is 15.8 Å².